The van der Waals surface area contributed by atoms with Crippen molar-refractivity contribution in [1.29, 1.82) is 0 Å². The van der Waals surface area contributed by atoms with Crippen LogP contribution in [0.4, 0.5) is 5.69 Å². The Labute approximate surface area is 120 Å². The van der Waals surface area contributed by atoms with Gasteiger partial charge in [-0.05, 0) is 44.2 Å². The number of para-hydroxylation sites is 1. The number of aromatic hydroxyl groups is 1. The van der Waals surface area contributed by atoms with Crippen LogP contribution >= 0.6 is 0 Å². The third-order valence-electron chi connectivity index (χ3n) is 4.19. The molecule has 0 radical (unpaired) electrons. The second-order valence-electron chi connectivity index (χ2n) is 5.75. The number of phenols is 1. The highest BCUT2D eigenvalue weighted by molar-refractivity contribution is 5.67. The summed E-state index contributed by atoms with van der Waals surface area (Å²) in [4.78, 5) is 8.31. The minimum Gasteiger partial charge on any atom is -0.506 e. The Morgan fingerprint density at radius 1 is 0.850 bits per heavy atom. The minimum absolute atomic E-state index is 0.335. The first-order valence-corrected chi connectivity index (χ1v) is 7.84. The van der Waals surface area contributed by atoms with Gasteiger partial charge in [0.1, 0.15) is 11.4 Å². The fraction of sp³-hybridized carbons (Fsp3) is 0.625. The summed E-state index contributed by atoms with van der Waals surface area (Å²) in [5, 5.41) is 12.3. The first-order chi connectivity index (χ1) is 9.84. The smallest absolute Gasteiger partial charge is 0.174 e. The number of piperidine rings is 2. The SMILES string of the molecule is Oc1cccc(ON2CCCCC2)c1N1CCCCC1. The van der Waals surface area contributed by atoms with Crippen LogP contribution in [0.25, 0.3) is 0 Å². The highest BCUT2D eigenvalue weighted by atomic mass is 16.7. The van der Waals surface area contributed by atoms with Gasteiger partial charge in [-0.15, -0.1) is 5.06 Å². The summed E-state index contributed by atoms with van der Waals surface area (Å²) in [5.41, 5.74) is 0.873. The molecule has 0 saturated carbocycles. The number of hydrogen-bond donors (Lipinski definition) is 1. The quantitative estimate of drug-likeness (QED) is 0.920. The van der Waals surface area contributed by atoms with Crippen molar-refractivity contribution in [2.75, 3.05) is 31.1 Å². The van der Waals surface area contributed by atoms with Crippen molar-refractivity contribution in [2.45, 2.75) is 38.5 Å². The molecule has 4 heteroatoms. The van der Waals surface area contributed by atoms with Crippen LogP contribution in [0.15, 0.2) is 18.2 Å². The van der Waals surface area contributed by atoms with Gasteiger partial charge in [-0.2, -0.15) is 0 Å². The summed E-state index contributed by atoms with van der Waals surface area (Å²) < 4.78 is 0. The Morgan fingerprint density at radius 3 is 2.20 bits per heavy atom. The van der Waals surface area contributed by atoms with E-state index in [2.05, 4.69) is 4.90 Å². The number of nitrogens with zero attached hydrogens (tertiary/aromatic N) is 2. The summed E-state index contributed by atoms with van der Waals surface area (Å²) in [7, 11) is 0. The topological polar surface area (TPSA) is 35.9 Å². The van der Waals surface area contributed by atoms with Crippen LogP contribution in [-0.2, 0) is 0 Å². The van der Waals surface area contributed by atoms with Crippen molar-refractivity contribution >= 4 is 5.69 Å². The van der Waals surface area contributed by atoms with Gasteiger partial charge in [0, 0.05) is 26.2 Å². The molecule has 20 heavy (non-hydrogen) atoms. The van der Waals surface area contributed by atoms with Crippen molar-refractivity contribution < 1.29 is 9.94 Å². The molecule has 2 aliphatic rings. The van der Waals surface area contributed by atoms with Crippen LogP contribution in [0.5, 0.6) is 11.5 Å². The second kappa shape index (κ2) is 6.35. The summed E-state index contributed by atoms with van der Waals surface area (Å²) in [5.74, 6) is 1.13. The largest absolute Gasteiger partial charge is 0.506 e. The van der Waals surface area contributed by atoms with Gasteiger partial charge in [0.2, 0.25) is 0 Å². The van der Waals surface area contributed by atoms with Gasteiger partial charge in [0.05, 0.1) is 0 Å². The Hall–Kier alpha value is -1.42. The van der Waals surface area contributed by atoms with Gasteiger partial charge in [-0.1, -0.05) is 12.5 Å². The van der Waals surface area contributed by atoms with E-state index < -0.39 is 0 Å². The molecular weight excluding hydrogens is 252 g/mol. The Morgan fingerprint density at radius 2 is 1.50 bits per heavy atom. The van der Waals surface area contributed by atoms with E-state index >= 15 is 0 Å². The second-order valence-corrected chi connectivity index (χ2v) is 5.75. The summed E-state index contributed by atoms with van der Waals surface area (Å²) in [6, 6.07) is 5.59. The van der Waals surface area contributed by atoms with Crippen molar-refractivity contribution in [3.8, 4) is 11.5 Å². The molecule has 1 aromatic rings. The number of rotatable bonds is 3. The number of hydroxylamine groups is 2. The molecular formula is C16H24N2O2. The predicted molar refractivity (Wildman–Crippen MR) is 80.2 cm³/mol. The molecule has 1 aromatic carbocycles. The van der Waals surface area contributed by atoms with Gasteiger partial charge in [-0.25, -0.2) is 0 Å². The van der Waals surface area contributed by atoms with Gasteiger partial charge in [-0.3, -0.25) is 0 Å². The van der Waals surface area contributed by atoms with Crippen molar-refractivity contribution in [1.82, 2.24) is 5.06 Å². The van der Waals surface area contributed by atoms with E-state index in [4.69, 9.17) is 4.84 Å². The van der Waals surface area contributed by atoms with E-state index in [9.17, 15) is 5.11 Å². The zero-order valence-electron chi connectivity index (χ0n) is 12.1. The Kier molecular flexibility index (Phi) is 4.31. The first-order valence-electron chi connectivity index (χ1n) is 7.84. The highest BCUT2D eigenvalue weighted by Crippen LogP contribution is 2.39. The number of hydrogen-bond acceptors (Lipinski definition) is 4. The molecule has 2 fully saturated rings. The third-order valence-corrected chi connectivity index (χ3v) is 4.19. The van der Waals surface area contributed by atoms with Crippen LogP contribution in [0.1, 0.15) is 38.5 Å². The lowest BCUT2D eigenvalue weighted by molar-refractivity contribution is -0.0716. The van der Waals surface area contributed by atoms with E-state index in [1.165, 1.54) is 38.5 Å². The lowest BCUT2D eigenvalue weighted by Crippen LogP contribution is -2.34. The molecule has 0 aromatic heterocycles. The number of benzene rings is 1. The van der Waals surface area contributed by atoms with Gasteiger partial charge >= 0.3 is 0 Å². The van der Waals surface area contributed by atoms with Crippen LogP contribution in [-0.4, -0.2) is 36.3 Å². The molecule has 0 amide bonds. The molecule has 2 aliphatic heterocycles. The molecule has 4 nitrogen and oxygen atoms in total. The summed E-state index contributed by atoms with van der Waals surface area (Å²) >= 11 is 0. The number of phenolic OH excluding ortho intramolecular Hbond substituents is 1. The standard InChI is InChI=1S/C16H24N2O2/c19-14-8-7-9-15(20-18-12-5-2-6-13-18)16(14)17-10-3-1-4-11-17/h7-9,19H,1-6,10-13H2. The van der Waals surface area contributed by atoms with Crippen LogP contribution in [0.2, 0.25) is 0 Å². The van der Waals surface area contributed by atoms with Gasteiger partial charge < -0.3 is 14.8 Å². The van der Waals surface area contributed by atoms with Crippen LogP contribution in [0, 0.1) is 0 Å². The summed E-state index contributed by atoms with van der Waals surface area (Å²) in [6.07, 6.45) is 7.34. The minimum atomic E-state index is 0.335. The lowest BCUT2D eigenvalue weighted by atomic mass is 10.1. The van der Waals surface area contributed by atoms with Crippen molar-refractivity contribution in [3.05, 3.63) is 18.2 Å². The molecule has 3 rings (SSSR count). The van der Waals surface area contributed by atoms with Crippen molar-refractivity contribution in [2.24, 2.45) is 0 Å². The van der Waals surface area contributed by atoms with Crippen molar-refractivity contribution in [3.63, 3.8) is 0 Å². The Balaban J connectivity index is 1.79. The fourth-order valence-corrected chi connectivity index (χ4v) is 3.12. The van der Waals surface area contributed by atoms with Crippen LogP contribution < -0.4 is 9.74 Å². The maximum absolute atomic E-state index is 10.2. The van der Waals surface area contributed by atoms with E-state index in [1.54, 1.807) is 6.07 Å². The molecule has 110 valence electrons. The molecule has 0 spiro atoms. The number of anilines is 1. The third kappa shape index (κ3) is 3.01. The molecule has 0 bridgehead atoms. The summed E-state index contributed by atoms with van der Waals surface area (Å²) in [6.45, 7) is 3.98. The molecule has 0 aliphatic carbocycles. The van der Waals surface area contributed by atoms with E-state index in [0.717, 1.165) is 37.6 Å². The molecule has 2 saturated heterocycles. The highest BCUT2D eigenvalue weighted by Gasteiger charge is 2.21. The maximum atomic E-state index is 10.2. The first kappa shape index (κ1) is 13.6. The average Bonchev–Trinajstić information content (AvgIpc) is 2.49. The molecule has 2 heterocycles. The average molecular weight is 276 g/mol. The van der Waals surface area contributed by atoms with Gasteiger partial charge in [0.15, 0.2) is 5.75 Å². The normalized spacial score (nSPS) is 20.9. The molecule has 1 N–H and O–H groups in total. The maximum Gasteiger partial charge on any atom is 0.174 e. The monoisotopic (exact) mass is 276 g/mol. The van der Waals surface area contributed by atoms with E-state index in [0.29, 0.717) is 5.75 Å². The lowest BCUT2D eigenvalue weighted by Gasteiger charge is -2.33. The zero-order valence-corrected chi connectivity index (χ0v) is 12.1. The molecule has 0 unspecified atom stereocenters. The van der Waals surface area contributed by atoms with Crippen LogP contribution in [0.3, 0.4) is 0 Å². The van der Waals surface area contributed by atoms with E-state index in [-0.39, 0.29) is 0 Å². The zero-order chi connectivity index (χ0) is 13.8. The van der Waals surface area contributed by atoms with Gasteiger partial charge in [0.25, 0.3) is 0 Å². The predicted octanol–water partition coefficient (Wildman–Crippen LogP) is 3.16. The van der Waals surface area contributed by atoms with E-state index in [1.807, 2.05) is 17.2 Å². The fourth-order valence-electron chi connectivity index (χ4n) is 3.12. The Bertz CT molecular complexity index is 438. The molecule has 0 atom stereocenters.